The number of rotatable bonds is 3. The van der Waals surface area contributed by atoms with E-state index < -0.39 is 6.10 Å². The number of aryl methyl sites for hydroxylation is 1. The Morgan fingerprint density at radius 1 is 1.29 bits per heavy atom. The molecule has 21 heavy (non-hydrogen) atoms. The molecule has 2 aliphatic rings. The smallest absolute Gasteiger partial charge is 0.263 e. The Kier molecular flexibility index (Phi) is 3.82. The number of amides is 2. The molecule has 0 aliphatic carbocycles. The Morgan fingerprint density at radius 3 is 2.81 bits per heavy atom. The van der Waals surface area contributed by atoms with Gasteiger partial charge in [-0.15, -0.1) is 0 Å². The van der Waals surface area contributed by atoms with Crippen LogP contribution in [0.5, 0.6) is 5.75 Å². The summed E-state index contributed by atoms with van der Waals surface area (Å²) >= 11 is 0. The zero-order valence-electron chi connectivity index (χ0n) is 12.2. The van der Waals surface area contributed by atoms with E-state index in [0.717, 1.165) is 43.6 Å². The maximum Gasteiger partial charge on any atom is 0.263 e. The van der Waals surface area contributed by atoms with Gasteiger partial charge in [-0.05, 0) is 37.8 Å². The number of benzene rings is 1. The fourth-order valence-corrected chi connectivity index (χ4v) is 2.87. The van der Waals surface area contributed by atoms with Crippen LogP contribution in [0, 0.1) is 0 Å². The van der Waals surface area contributed by atoms with Crippen molar-refractivity contribution in [1.82, 2.24) is 4.90 Å². The second-order valence-electron chi connectivity index (χ2n) is 5.66. The normalized spacial score (nSPS) is 18.9. The standard InChI is InChI=1S/C16H20N2O3/c1-11(16(20)18-8-2-3-9-18)21-13-6-4-12-5-7-15(19)17-14(12)10-13/h4,6,10-11H,2-3,5,7-9H2,1H3,(H,17,19). The molecule has 2 heterocycles. The number of ether oxygens (including phenoxy) is 1. The maximum absolute atomic E-state index is 12.2. The predicted molar refractivity (Wildman–Crippen MR) is 79.3 cm³/mol. The summed E-state index contributed by atoms with van der Waals surface area (Å²) in [5.41, 5.74) is 1.91. The Bertz CT molecular complexity index is 565. The highest BCUT2D eigenvalue weighted by Crippen LogP contribution is 2.27. The quantitative estimate of drug-likeness (QED) is 0.925. The highest BCUT2D eigenvalue weighted by atomic mass is 16.5. The van der Waals surface area contributed by atoms with Crippen LogP contribution in [-0.4, -0.2) is 35.9 Å². The molecule has 1 saturated heterocycles. The van der Waals surface area contributed by atoms with Crippen LogP contribution >= 0.6 is 0 Å². The van der Waals surface area contributed by atoms with Gasteiger partial charge >= 0.3 is 0 Å². The Morgan fingerprint density at radius 2 is 2.05 bits per heavy atom. The molecule has 0 bridgehead atoms. The maximum atomic E-state index is 12.2. The summed E-state index contributed by atoms with van der Waals surface area (Å²) in [6.07, 6.45) is 2.92. The molecule has 5 heteroatoms. The molecule has 0 aromatic heterocycles. The highest BCUT2D eigenvalue weighted by Gasteiger charge is 2.25. The molecule has 5 nitrogen and oxygen atoms in total. The molecule has 1 atom stereocenters. The number of hydrogen-bond acceptors (Lipinski definition) is 3. The van der Waals surface area contributed by atoms with Gasteiger partial charge in [0.15, 0.2) is 6.10 Å². The largest absolute Gasteiger partial charge is 0.481 e. The van der Waals surface area contributed by atoms with Gasteiger partial charge in [0.1, 0.15) is 5.75 Å². The van der Waals surface area contributed by atoms with Crippen molar-refractivity contribution >= 4 is 17.5 Å². The molecular weight excluding hydrogens is 268 g/mol. The van der Waals surface area contributed by atoms with Crippen molar-refractivity contribution in [3.63, 3.8) is 0 Å². The summed E-state index contributed by atoms with van der Waals surface area (Å²) in [4.78, 5) is 25.5. The molecule has 1 aromatic rings. The Hall–Kier alpha value is -2.04. The molecule has 0 spiro atoms. The number of anilines is 1. The van der Waals surface area contributed by atoms with Gasteiger partial charge in [-0.3, -0.25) is 9.59 Å². The third-order valence-corrected chi connectivity index (χ3v) is 4.06. The van der Waals surface area contributed by atoms with E-state index in [1.54, 1.807) is 13.0 Å². The van der Waals surface area contributed by atoms with Crippen LogP contribution in [0.4, 0.5) is 5.69 Å². The average molecular weight is 288 g/mol. The average Bonchev–Trinajstić information content (AvgIpc) is 3.00. The van der Waals surface area contributed by atoms with Crippen molar-refractivity contribution in [2.24, 2.45) is 0 Å². The van der Waals surface area contributed by atoms with E-state index in [-0.39, 0.29) is 11.8 Å². The summed E-state index contributed by atoms with van der Waals surface area (Å²) in [6.45, 7) is 3.43. The Balaban J connectivity index is 1.68. The van der Waals surface area contributed by atoms with E-state index in [0.29, 0.717) is 12.2 Å². The van der Waals surface area contributed by atoms with Crippen molar-refractivity contribution in [1.29, 1.82) is 0 Å². The minimum atomic E-state index is -0.500. The third-order valence-electron chi connectivity index (χ3n) is 4.06. The van der Waals surface area contributed by atoms with Crippen LogP contribution < -0.4 is 10.1 Å². The van der Waals surface area contributed by atoms with Crippen molar-refractivity contribution in [3.8, 4) is 5.75 Å². The van der Waals surface area contributed by atoms with Crippen LogP contribution in [0.3, 0.4) is 0 Å². The molecule has 1 unspecified atom stereocenters. The molecule has 2 amide bonds. The Labute approximate surface area is 124 Å². The van der Waals surface area contributed by atoms with Crippen molar-refractivity contribution < 1.29 is 14.3 Å². The van der Waals surface area contributed by atoms with Gasteiger partial charge in [-0.25, -0.2) is 0 Å². The number of hydrogen-bond donors (Lipinski definition) is 1. The fourth-order valence-electron chi connectivity index (χ4n) is 2.87. The zero-order valence-corrected chi connectivity index (χ0v) is 12.2. The van der Waals surface area contributed by atoms with E-state index in [2.05, 4.69) is 5.32 Å². The first-order valence-electron chi connectivity index (χ1n) is 7.52. The number of nitrogens with one attached hydrogen (secondary N) is 1. The van der Waals surface area contributed by atoms with E-state index >= 15 is 0 Å². The fraction of sp³-hybridized carbons (Fsp3) is 0.500. The minimum absolute atomic E-state index is 0.0286. The monoisotopic (exact) mass is 288 g/mol. The van der Waals surface area contributed by atoms with Crippen molar-refractivity contribution in [2.75, 3.05) is 18.4 Å². The van der Waals surface area contributed by atoms with Gasteiger partial charge < -0.3 is 15.0 Å². The lowest BCUT2D eigenvalue weighted by Crippen LogP contribution is -2.38. The van der Waals surface area contributed by atoms with Gasteiger partial charge in [-0.1, -0.05) is 6.07 Å². The third kappa shape index (κ3) is 3.01. The lowest BCUT2D eigenvalue weighted by atomic mass is 10.0. The molecule has 112 valence electrons. The van der Waals surface area contributed by atoms with E-state index in [1.807, 2.05) is 17.0 Å². The van der Waals surface area contributed by atoms with Crippen LogP contribution in [0.25, 0.3) is 0 Å². The van der Waals surface area contributed by atoms with Crippen molar-refractivity contribution in [3.05, 3.63) is 23.8 Å². The SMILES string of the molecule is CC(Oc1ccc2c(c1)NC(=O)CC2)C(=O)N1CCCC1. The van der Waals surface area contributed by atoms with Gasteiger partial charge in [0.25, 0.3) is 5.91 Å². The first kappa shape index (κ1) is 13.9. The van der Waals surface area contributed by atoms with Gasteiger partial charge in [0.2, 0.25) is 5.91 Å². The second kappa shape index (κ2) is 5.76. The predicted octanol–water partition coefficient (Wildman–Crippen LogP) is 1.96. The molecule has 1 N–H and O–H groups in total. The molecule has 2 aliphatic heterocycles. The number of carbonyl (C=O) groups is 2. The first-order valence-corrected chi connectivity index (χ1v) is 7.52. The highest BCUT2D eigenvalue weighted by molar-refractivity contribution is 5.94. The van der Waals surface area contributed by atoms with E-state index in [9.17, 15) is 9.59 Å². The molecule has 3 rings (SSSR count). The number of fused-ring (bicyclic) bond motifs is 1. The minimum Gasteiger partial charge on any atom is -0.481 e. The molecule has 1 fully saturated rings. The number of nitrogens with zero attached hydrogens (tertiary/aromatic N) is 1. The van der Waals surface area contributed by atoms with E-state index in [1.165, 1.54) is 0 Å². The summed E-state index contributed by atoms with van der Waals surface area (Å²) in [5.74, 6) is 0.686. The lowest BCUT2D eigenvalue weighted by molar-refractivity contribution is -0.136. The molecule has 1 aromatic carbocycles. The van der Waals surface area contributed by atoms with Crippen LogP contribution in [0.1, 0.15) is 31.7 Å². The number of carbonyl (C=O) groups excluding carboxylic acids is 2. The van der Waals surface area contributed by atoms with Crippen molar-refractivity contribution in [2.45, 2.75) is 38.7 Å². The van der Waals surface area contributed by atoms with Crippen LogP contribution in [-0.2, 0) is 16.0 Å². The zero-order chi connectivity index (χ0) is 14.8. The lowest BCUT2D eigenvalue weighted by Gasteiger charge is -2.22. The summed E-state index contributed by atoms with van der Waals surface area (Å²) in [5, 5.41) is 2.84. The first-order chi connectivity index (χ1) is 10.1. The van der Waals surface area contributed by atoms with Gasteiger partial charge in [0.05, 0.1) is 0 Å². The summed E-state index contributed by atoms with van der Waals surface area (Å²) in [6, 6.07) is 5.63. The van der Waals surface area contributed by atoms with Gasteiger partial charge in [0, 0.05) is 31.3 Å². The van der Waals surface area contributed by atoms with Gasteiger partial charge in [-0.2, -0.15) is 0 Å². The van der Waals surface area contributed by atoms with E-state index in [4.69, 9.17) is 4.74 Å². The van der Waals surface area contributed by atoms with Crippen LogP contribution in [0.15, 0.2) is 18.2 Å². The summed E-state index contributed by atoms with van der Waals surface area (Å²) in [7, 11) is 0. The molecule has 0 saturated carbocycles. The van der Waals surface area contributed by atoms with Crippen LogP contribution in [0.2, 0.25) is 0 Å². The second-order valence-corrected chi connectivity index (χ2v) is 5.66. The topological polar surface area (TPSA) is 58.6 Å². The molecule has 0 radical (unpaired) electrons. The number of likely N-dealkylation sites (tertiary alicyclic amines) is 1. The summed E-state index contributed by atoms with van der Waals surface area (Å²) < 4.78 is 5.75. The molecular formula is C16H20N2O3.